The zero-order chi connectivity index (χ0) is 14.1. The van der Waals surface area contributed by atoms with Crippen LogP contribution in [0.25, 0.3) is 0 Å². The van der Waals surface area contributed by atoms with Gasteiger partial charge in [-0.1, -0.05) is 28.1 Å². The van der Waals surface area contributed by atoms with Crippen LogP contribution in [0.4, 0.5) is 0 Å². The molecule has 1 aromatic rings. The molecule has 1 rings (SSSR count). The van der Waals surface area contributed by atoms with Gasteiger partial charge in [-0.15, -0.1) is 0 Å². The monoisotopic (exact) mass is 327 g/mol. The van der Waals surface area contributed by atoms with Crippen LogP contribution in [0.5, 0.6) is 0 Å². The molecule has 0 aliphatic carbocycles. The second kappa shape index (κ2) is 8.93. The van der Waals surface area contributed by atoms with Gasteiger partial charge in [-0.2, -0.15) is 0 Å². The summed E-state index contributed by atoms with van der Waals surface area (Å²) in [5, 5.41) is 3.28. The predicted octanol–water partition coefficient (Wildman–Crippen LogP) is 2.49. The van der Waals surface area contributed by atoms with Gasteiger partial charge < -0.3 is 15.0 Å². The Balaban J connectivity index is 2.62. The largest absolute Gasteiger partial charge is 0.383 e. The molecule has 0 heterocycles. The Morgan fingerprint density at radius 3 is 2.63 bits per heavy atom. The van der Waals surface area contributed by atoms with Gasteiger partial charge in [0.1, 0.15) is 0 Å². The Labute approximate surface area is 124 Å². The van der Waals surface area contributed by atoms with Crippen molar-refractivity contribution in [3.63, 3.8) is 0 Å². The SMILES string of the molecule is CCNC(=NCCOC)N(C)Cc1ccc(Br)cc1. The van der Waals surface area contributed by atoms with E-state index >= 15 is 0 Å². The number of guanidine groups is 1. The van der Waals surface area contributed by atoms with E-state index in [9.17, 15) is 0 Å². The van der Waals surface area contributed by atoms with Crippen molar-refractivity contribution in [2.24, 2.45) is 4.99 Å². The van der Waals surface area contributed by atoms with Crippen LogP contribution < -0.4 is 5.32 Å². The fourth-order valence-corrected chi connectivity index (χ4v) is 1.92. The highest BCUT2D eigenvalue weighted by atomic mass is 79.9. The van der Waals surface area contributed by atoms with Crippen molar-refractivity contribution in [3.8, 4) is 0 Å². The minimum Gasteiger partial charge on any atom is -0.383 e. The number of benzene rings is 1. The van der Waals surface area contributed by atoms with E-state index in [1.165, 1.54) is 5.56 Å². The first-order valence-electron chi connectivity index (χ1n) is 6.40. The molecule has 0 radical (unpaired) electrons. The average molecular weight is 328 g/mol. The average Bonchev–Trinajstić information content (AvgIpc) is 2.40. The van der Waals surface area contributed by atoms with Crippen molar-refractivity contribution >= 4 is 21.9 Å². The fourth-order valence-electron chi connectivity index (χ4n) is 1.65. The van der Waals surface area contributed by atoms with Gasteiger partial charge in [0, 0.05) is 31.7 Å². The van der Waals surface area contributed by atoms with Gasteiger partial charge in [-0.25, -0.2) is 0 Å². The molecule has 0 amide bonds. The molecule has 0 aliphatic heterocycles. The Bertz CT molecular complexity index is 392. The van der Waals surface area contributed by atoms with Crippen molar-refractivity contribution < 1.29 is 4.74 Å². The summed E-state index contributed by atoms with van der Waals surface area (Å²) in [5.74, 6) is 0.905. The maximum absolute atomic E-state index is 5.02. The molecular formula is C14H22BrN3O. The zero-order valence-electron chi connectivity index (χ0n) is 11.8. The van der Waals surface area contributed by atoms with Crippen molar-refractivity contribution in [2.45, 2.75) is 13.5 Å². The van der Waals surface area contributed by atoms with Crippen LogP contribution in [-0.4, -0.2) is 44.7 Å². The lowest BCUT2D eigenvalue weighted by atomic mass is 10.2. The number of ether oxygens (including phenoxy) is 1. The number of aliphatic imine (C=N–C) groups is 1. The number of hydrogen-bond donors (Lipinski definition) is 1. The molecule has 1 N–H and O–H groups in total. The summed E-state index contributed by atoms with van der Waals surface area (Å²) in [6.07, 6.45) is 0. The summed E-state index contributed by atoms with van der Waals surface area (Å²) in [5.41, 5.74) is 1.25. The number of rotatable bonds is 6. The third kappa shape index (κ3) is 6.07. The summed E-state index contributed by atoms with van der Waals surface area (Å²) >= 11 is 3.44. The fraction of sp³-hybridized carbons (Fsp3) is 0.500. The molecule has 4 nitrogen and oxygen atoms in total. The maximum Gasteiger partial charge on any atom is 0.194 e. The first-order chi connectivity index (χ1) is 9.17. The van der Waals surface area contributed by atoms with E-state index in [4.69, 9.17) is 4.74 Å². The Hall–Kier alpha value is -1.07. The van der Waals surface area contributed by atoms with Gasteiger partial charge in [0.25, 0.3) is 0 Å². The lowest BCUT2D eigenvalue weighted by molar-refractivity contribution is 0.207. The molecule has 0 fully saturated rings. The van der Waals surface area contributed by atoms with Crippen LogP contribution >= 0.6 is 15.9 Å². The third-order valence-corrected chi connectivity index (χ3v) is 3.12. The number of nitrogens with one attached hydrogen (secondary N) is 1. The maximum atomic E-state index is 5.02. The molecule has 0 aliphatic rings. The highest BCUT2D eigenvalue weighted by molar-refractivity contribution is 9.10. The lowest BCUT2D eigenvalue weighted by Crippen LogP contribution is -2.38. The molecule has 0 unspecified atom stereocenters. The highest BCUT2D eigenvalue weighted by Crippen LogP contribution is 2.11. The first kappa shape index (κ1) is 16.0. The van der Waals surface area contributed by atoms with E-state index in [0.29, 0.717) is 13.2 Å². The summed E-state index contributed by atoms with van der Waals surface area (Å²) in [6, 6.07) is 8.33. The van der Waals surface area contributed by atoms with Crippen LogP contribution in [0, 0.1) is 0 Å². The van der Waals surface area contributed by atoms with Crippen molar-refractivity contribution in [1.29, 1.82) is 0 Å². The second-order valence-electron chi connectivity index (χ2n) is 4.21. The van der Waals surface area contributed by atoms with Crippen LogP contribution in [-0.2, 0) is 11.3 Å². The summed E-state index contributed by atoms with van der Waals surface area (Å²) < 4.78 is 6.12. The molecule has 5 heteroatoms. The minimum absolute atomic E-state index is 0.640. The van der Waals surface area contributed by atoms with E-state index in [1.807, 2.05) is 7.05 Å². The third-order valence-electron chi connectivity index (χ3n) is 2.59. The number of methoxy groups -OCH3 is 1. The highest BCUT2D eigenvalue weighted by Gasteiger charge is 2.06. The van der Waals surface area contributed by atoms with Gasteiger partial charge in [-0.05, 0) is 24.6 Å². The molecule has 19 heavy (non-hydrogen) atoms. The Morgan fingerprint density at radius 2 is 2.05 bits per heavy atom. The van der Waals surface area contributed by atoms with Crippen LogP contribution in [0.1, 0.15) is 12.5 Å². The summed E-state index contributed by atoms with van der Waals surface area (Å²) in [7, 11) is 3.73. The molecule has 0 atom stereocenters. The van der Waals surface area contributed by atoms with Gasteiger partial charge in [0.05, 0.1) is 13.2 Å². The van der Waals surface area contributed by atoms with Crippen LogP contribution in [0.15, 0.2) is 33.7 Å². The standard InChI is InChI=1S/C14H22BrN3O/c1-4-16-14(17-9-10-19-3)18(2)11-12-5-7-13(15)8-6-12/h5-8H,4,9-11H2,1-3H3,(H,16,17). The van der Waals surface area contributed by atoms with Gasteiger partial charge in [-0.3, -0.25) is 4.99 Å². The van der Waals surface area contributed by atoms with E-state index < -0.39 is 0 Å². The smallest absolute Gasteiger partial charge is 0.194 e. The quantitative estimate of drug-likeness (QED) is 0.495. The molecule has 106 valence electrons. The van der Waals surface area contributed by atoms with Gasteiger partial charge in [0.2, 0.25) is 0 Å². The summed E-state index contributed by atoms with van der Waals surface area (Å²) in [4.78, 5) is 6.63. The normalized spacial score (nSPS) is 11.5. The van der Waals surface area contributed by atoms with Crippen molar-refractivity contribution in [3.05, 3.63) is 34.3 Å². The van der Waals surface area contributed by atoms with E-state index in [2.05, 4.69) is 62.3 Å². The molecule has 0 aromatic heterocycles. The number of halogens is 1. The van der Waals surface area contributed by atoms with E-state index in [1.54, 1.807) is 7.11 Å². The Morgan fingerprint density at radius 1 is 1.37 bits per heavy atom. The predicted molar refractivity (Wildman–Crippen MR) is 83.5 cm³/mol. The van der Waals surface area contributed by atoms with Crippen molar-refractivity contribution in [1.82, 2.24) is 10.2 Å². The first-order valence-corrected chi connectivity index (χ1v) is 7.19. The molecule has 0 bridgehead atoms. The lowest BCUT2D eigenvalue weighted by Gasteiger charge is -2.22. The molecule has 0 spiro atoms. The van der Waals surface area contributed by atoms with E-state index in [0.717, 1.165) is 23.5 Å². The van der Waals surface area contributed by atoms with E-state index in [-0.39, 0.29) is 0 Å². The molecular weight excluding hydrogens is 306 g/mol. The number of hydrogen-bond acceptors (Lipinski definition) is 2. The molecule has 1 aromatic carbocycles. The molecule has 0 saturated carbocycles. The second-order valence-corrected chi connectivity index (χ2v) is 5.13. The van der Waals surface area contributed by atoms with Crippen molar-refractivity contribution in [2.75, 3.05) is 33.9 Å². The summed E-state index contributed by atoms with van der Waals surface area (Å²) in [6.45, 7) is 5.06. The van der Waals surface area contributed by atoms with Gasteiger partial charge >= 0.3 is 0 Å². The Kier molecular flexibility index (Phi) is 7.52. The van der Waals surface area contributed by atoms with Crippen LogP contribution in [0.2, 0.25) is 0 Å². The zero-order valence-corrected chi connectivity index (χ0v) is 13.4. The minimum atomic E-state index is 0.640. The molecule has 0 saturated heterocycles. The van der Waals surface area contributed by atoms with Gasteiger partial charge in [0.15, 0.2) is 5.96 Å². The van der Waals surface area contributed by atoms with Crippen LogP contribution in [0.3, 0.4) is 0 Å². The topological polar surface area (TPSA) is 36.9 Å². The number of nitrogens with zero attached hydrogens (tertiary/aromatic N) is 2.